The van der Waals surface area contributed by atoms with Gasteiger partial charge in [-0.05, 0) is 42.2 Å². The van der Waals surface area contributed by atoms with E-state index in [-0.39, 0.29) is 0 Å². The highest BCUT2D eigenvalue weighted by Crippen LogP contribution is 2.27. The monoisotopic (exact) mass is 204 g/mol. The van der Waals surface area contributed by atoms with E-state index in [2.05, 4.69) is 38.8 Å². The highest BCUT2D eigenvalue weighted by molar-refractivity contribution is 7.80. The molecule has 0 unspecified atom stereocenters. The van der Waals surface area contributed by atoms with Crippen LogP contribution in [0.4, 0.5) is 0 Å². The second-order valence-electron chi connectivity index (χ2n) is 3.47. The van der Waals surface area contributed by atoms with Crippen molar-refractivity contribution in [3.05, 3.63) is 42.5 Å². The Morgan fingerprint density at radius 3 is 2.43 bits per heavy atom. The first kappa shape index (κ1) is 11.1. The molecule has 1 aromatic rings. The van der Waals surface area contributed by atoms with Crippen molar-refractivity contribution in [3.8, 4) is 0 Å². The molecule has 1 rings (SSSR count). The van der Waals surface area contributed by atoms with E-state index in [1.165, 1.54) is 5.56 Å². The molecule has 14 heavy (non-hydrogen) atoms. The number of allylic oxidation sites excluding steroid dienone is 2. The van der Waals surface area contributed by atoms with Gasteiger partial charge < -0.3 is 0 Å². The minimum atomic E-state index is 0.964. The molecule has 0 atom stereocenters. The van der Waals surface area contributed by atoms with Gasteiger partial charge in [0.15, 0.2) is 0 Å². The molecule has 0 nitrogen and oxygen atoms in total. The molecule has 1 aromatic carbocycles. The fourth-order valence-corrected chi connectivity index (χ4v) is 1.59. The molecule has 0 amide bonds. The standard InChI is InChI=1S/C13H16S/c1-5-10(4)12-7-6-11(14)8-13(12)9(2)3/h6-8,14H,2,4-5H2,1,3H3. The van der Waals surface area contributed by atoms with Crippen molar-refractivity contribution in [1.82, 2.24) is 0 Å². The van der Waals surface area contributed by atoms with Gasteiger partial charge >= 0.3 is 0 Å². The summed E-state index contributed by atoms with van der Waals surface area (Å²) in [7, 11) is 0. The molecule has 0 saturated heterocycles. The molecule has 0 saturated carbocycles. The Labute approximate surface area is 91.8 Å². The summed E-state index contributed by atoms with van der Waals surface area (Å²) in [6.07, 6.45) is 0.964. The molecule has 0 aliphatic rings. The van der Waals surface area contributed by atoms with E-state index in [4.69, 9.17) is 0 Å². The van der Waals surface area contributed by atoms with Crippen LogP contribution < -0.4 is 0 Å². The molecular weight excluding hydrogens is 188 g/mol. The largest absolute Gasteiger partial charge is 0.143 e. The maximum absolute atomic E-state index is 4.32. The lowest BCUT2D eigenvalue weighted by molar-refractivity contribution is 1.23. The molecule has 0 N–H and O–H groups in total. The minimum absolute atomic E-state index is 0.964. The smallest absolute Gasteiger partial charge is 0.00464 e. The van der Waals surface area contributed by atoms with Crippen LogP contribution in [0.1, 0.15) is 31.4 Å². The third kappa shape index (κ3) is 2.30. The van der Waals surface area contributed by atoms with E-state index in [1.807, 2.05) is 19.1 Å². The summed E-state index contributed by atoms with van der Waals surface area (Å²) in [5, 5.41) is 0. The number of thiol groups is 1. The van der Waals surface area contributed by atoms with E-state index in [9.17, 15) is 0 Å². The SMILES string of the molecule is C=C(C)c1cc(S)ccc1C(=C)CC. The molecule has 0 radical (unpaired) electrons. The highest BCUT2D eigenvalue weighted by atomic mass is 32.1. The average Bonchev–Trinajstić information content (AvgIpc) is 2.16. The zero-order valence-corrected chi connectivity index (χ0v) is 9.70. The summed E-state index contributed by atoms with van der Waals surface area (Å²) in [4.78, 5) is 0.968. The molecule has 0 heterocycles. The van der Waals surface area contributed by atoms with E-state index >= 15 is 0 Å². The quantitative estimate of drug-likeness (QED) is 0.692. The molecule has 0 spiro atoms. The number of benzene rings is 1. The number of hydrogen-bond donors (Lipinski definition) is 1. The van der Waals surface area contributed by atoms with Gasteiger partial charge in [-0.25, -0.2) is 0 Å². The molecule has 0 aliphatic heterocycles. The van der Waals surface area contributed by atoms with Gasteiger partial charge in [-0.2, -0.15) is 0 Å². The lowest BCUT2D eigenvalue weighted by atomic mass is 9.95. The van der Waals surface area contributed by atoms with Gasteiger partial charge in [0.1, 0.15) is 0 Å². The fourth-order valence-electron chi connectivity index (χ4n) is 1.38. The summed E-state index contributed by atoms with van der Waals surface area (Å²) in [5.41, 5.74) is 4.56. The summed E-state index contributed by atoms with van der Waals surface area (Å²) in [6, 6.07) is 6.10. The third-order valence-corrected chi connectivity index (χ3v) is 2.55. The second kappa shape index (κ2) is 4.52. The summed E-state index contributed by atoms with van der Waals surface area (Å²) >= 11 is 4.32. The van der Waals surface area contributed by atoms with Gasteiger partial charge in [0.05, 0.1) is 0 Å². The number of rotatable bonds is 3. The summed E-state index contributed by atoms with van der Waals surface area (Å²) in [5.74, 6) is 0. The summed E-state index contributed by atoms with van der Waals surface area (Å²) < 4.78 is 0. The van der Waals surface area contributed by atoms with Gasteiger partial charge in [-0.15, -0.1) is 12.6 Å². The first-order valence-corrected chi connectivity index (χ1v) is 5.18. The zero-order valence-electron chi connectivity index (χ0n) is 8.80. The van der Waals surface area contributed by atoms with Crippen LogP contribution in [0.2, 0.25) is 0 Å². The Kier molecular flexibility index (Phi) is 3.59. The normalized spacial score (nSPS) is 9.93. The Bertz CT molecular complexity index is 375. The minimum Gasteiger partial charge on any atom is -0.143 e. The maximum Gasteiger partial charge on any atom is 0.00464 e. The van der Waals surface area contributed by atoms with Crippen molar-refractivity contribution in [2.75, 3.05) is 0 Å². The topological polar surface area (TPSA) is 0 Å². The molecular formula is C13H16S. The summed E-state index contributed by atoms with van der Waals surface area (Å²) in [6.45, 7) is 12.1. The van der Waals surface area contributed by atoms with Crippen molar-refractivity contribution in [2.24, 2.45) is 0 Å². The van der Waals surface area contributed by atoms with Crippen LogP contribution in [-0.4, -0.2) is 0 Å². The average molecular weight is 204 g/mol. The molecule has 0 aliphatic carbocycles. The van der Waals surface area contributed by atoms with E-state index < -0.39 is 0 Å². The van der Waals surface area contributed by atoms with Crippen molar-refractivity contribution >= 4 is 23.8 Å². The Hall–Kier alpha value is -0.950. The molecule has 74 valence electrons. The van der Waals surface area contributed by atoms with Crippen LogP contribution in [0.3, 0.4) is 0 Å². The Morgan fingerprint density at radius 1 is 1.29 bits per heavy atom. The molecule has 0 fully saturated rings. The maximum atomic E-state index is 4.32. The van der Waals surface area contributed by atoms with Crippen molar-refractivity contribution in [3.63, 3.8) is 0 Å². The highest BCUT2D eigenvalue weighted by Gasteiger charge is 2.05. The van der Waals surface area contributed by atoms with E-state index in [0.717, 1.165) is 28.0 Å². The van der Waals surface area contributed by atoms with Crippen molar-refractivity contribution in [1.29, 1.82) is 0 Å². The van der Waals surface area contributed by atoms with Gasteiger partial charge in [0.2, 0.25) is 0 Å². The second-order valence-corrected chi connectivity index (χ2v) is 3.98. The molecule has 0 aromatic heterocycles. The number of hydrogen-bond acceptors (Lipinski definition) is 1. The Morgan fingerprint density at radius 2 is 1.93 bits per heavy atom. The molecule has 0 bridgehead atoms. The lowest BCUT2D eigenvalue weighted by Gasteiger charge is -2.11. The van der Waals surface area contributed by atoms with Gasteiger partial charge in [0, 0.05) is 4.90 Å². The van der Waals surface area contributed by atoms with E-state index in [0.29, 0.717) is 0 Å². The van der Waals surface area contributed by atoms with Crippen LogP contribution in [0.25, 0.3) is 11.1 Å². The third-order valence-electron chi connectivity index (χ3n) is 2.27. The first-order chi connectivity index (χ1) is 6.56. The predicted molar refractivity (Wildman–Crippen MR) is 67.7 cm³/mol. The van der Waals surface area contributed by atoms with Gasteiger partial charge in [-0.3, -0.25) is 0 Å². The van der Waals surface area contributed by atoms with Crippen LogP contribution in [-0.2, 0) is 0 Å². The van der Waals surface area contributed by atoms with Gasteiger partial charge in [0.25, 0.3) is 0 Å². The predicted octanol–water partition coefficient (Wildman–Crippen LogP) is 4.43. The van der Waals surface area contributed by atoms with Crippen LogP contribution >= 0.6 is 12.6 Å². The lowest BCUT2D eigenvalue weighted by Crippen LogP contribution is -1.89. The zero-order chi connectivity index (χ0) is 10.7. The Balaban J connectivity index is 3.28. The van der Waals surface area contributed by atoms with Crippen LogP contribution in [0.15, 0.2) is 36.3 Å². The molecule has 1 heteroatoms. The van der Waals surface area contributed by atoms with Gasteiger partial charge in [-0.1, -0.05) is 31.7 Å². The van der Waals surface area contributed by atoms with Crippen molar-refractivity contribution < 1.29 is 0 Å². The van der Waals surface area contributed by atoms with Crippen molar-refractivity contribution in [2.45, 2.75) is 25.2 Å². The van der Waals surface area contributed by atoms with Crippen LogP contribution in [0.5, 0.6) is 0 Å². The fraction of sp³-hybridized carbons (Fsp3) is 0.231. The van der Waals surface area contributed by atoms with Crippen LogP contribution in [0, 0.1) is 0 Å². The van der Waals surface area contributed by atoms with E-state index in [1.54, 1.807) is 0 Å². The first-order valence-electron chi connectivity index (χ1n) is 4.73.